The van der Waals surface area contributed by atoms with E-state index in [1.54, 1.807) is 0 Å². The summed E-state index contributed by atoms with van der Waals surface area (Å²) in [6.45, 7) is 13.5. The summed E-state index contributed by atoms with van der Waals surface area (Å²) >= 11 is 0. The van der Waals surface area contributed by atoms with Crippen LogP contribution >= 0.6 is 0 Å². The minimum Gasteiger partial charge on any atom is -0.458 e. The molecule has 4 aliphatic rings. The van der Waals surface area contributed by atoms with Gasteiger partial charge in [0.15, 0.2) is 0 Å². The highest BCUT2D eigenvalue weighted by molar-refractivity contribution is 7.02. The molecule has 0 radical (unpaired) electrons. The maximum atomic E-state index is 7.67. The highest BCUT2D eigenvalue weighted by atomic mass is 16.5. The van der Waals surface area contributed by atoms with Gasteiger partial charge in [-0.15, -0.1) is 0 Å². The largest absolute Gasteiger partial charge is 0.458 e. The summed E-state index contributed by atoms with van der Waals surface area (Å²) < 4.78 is 15.3. The standard InChI is InChI=1S/C68H54B2N2O2/c1-67(2,3)48-38-58-63-60(40-48)73-65-54(69(63)52-34-32-46(43-22-12-7-13-23-43)36-56(52)71(58)50-28-18-10-19-29-50)42-55-66(62(65)45-26-16-9-17-27-45)74-61-41-49(68(4,5)6)39-59-64(61)70(55)53-35-33-47(44-24-14-8-15-25-44)37-57(53)72(59)51-30-20-11-21-31-51/h7-42H,1-6H3. The second kappa shape index (κ2) is 16.5. The monoisotopic (exact) mass is 952 g/mol. The van der Waals surface area contributed by atoms with Crippen LogP contribution in [-0.4, -0.2) is 13.4 Å². The number of rotatable bonds is 5. The lowest BCUT2D eigenvalue weighted by molar-refractivity contribution is 0.465. The lowest BCUT2D eigenvalue weighted by atomic mass is 9.30. The van der Waals surface area contributed by atoms with Crippen molar-refractivity contribution in [2.75, 3.05) is 9.80 Å². The van der Waals surface area contributed by atoms with Gasteiger partial charge in [-0.1, -0.05) is 199 Å². The first-order chi connectivity index (χ1) is 36.0. The quantitative estimate of drug-likeness (QED) is 0.161. The van der Waals surface area contributed by atoms with Crippen LogP contribution in [-0.2, 0) is 10.8 Å². The van der Waals surface area contributed by atoms with Gasteiger partial charge < -0.3 is 19.3 Å². The molecule has 4 heterocycles. The van der Waals surface area contributed by atoms with Crippen LogP contribution < -0.4 is 52.1 Å². The number of hydrogen-bond donors (Lipinski definition) is 0. The van der Waals surface area contributed by atoms with Crippen LogP contribution in [0.1, 0.15) is 52.7 Å². The Morgan fingerprint density at radius 2 is 0.689 bits per heavy atom. The molecule has 0 atom stereocenters. The molecular formula is C68H54B2N2O2. The molecule has 0 aliphatic carbocycles. The molecule has 10 aromatic carbocycles. The van der Waals surface area contributed by atoms with Gasteiger partial charge >= 0.3 is 0 Å². The van der Waals surface area contributed by atoms with Crippen molar-refractivity contribution in [3.63, 3.8) is 0 Å². The molecule has 0 bridgehead atoms. The molecule has 354 valence electrons. The molecule has 0 aromatic heterocycles. The van der Waals surface area contributed by atoms with Crippen molar-refractivity contribution >= 4 is 80.3 Å². The van der Waals surface area contributed by atoms with Crippen molar-refractivity contribution in [3.8, 4) is 56.4 Å². The Bertz CT molecular complexity index is 3640. The van der Waals surface area contributed by atoms with Crippen molar-refractivity contribution in [1.29, 1.82) is 0 Å². The fourth-order valence-electron chi connectivity index (χ4n) is 12.1. The summed E-state index contributed by atoms with van der Waals surface area (Å²) in [5.74, 6) is 3.44. The number of ether oxygens (including phenoxy) is 2. The molecule has 6 heteroatoms. The number of anilines is 6. The van der Waals surface area contributed by atoms with Crippen LogP contribution in [0.5, 0.6) is 23.0 Å². The van der Waals surface area contributed by atoms with E-state index in [0.717, 1.165) is 79.2 Å². The van der Waals surface area contributed by atoms with Gasteiger partial charge in [0.1, 0.15) is 23.0 Å². The Morgan fingerprint density at radius 1 is 0.324 bits per heavy atom. The van der Waals surface area contributed by atoms with E-state index in [-0.39, 0.29) is 24.3 Å². The maximum absolute atomic E-state index is 7.67. The predicted molar refractivity (Wildman–Crippen MR) is 312 cm³/mol. The second-order valence-corrected chi connectivity index (χ2v) is 22.5. The van der Waals surface area contributed by atoms with E-state index in [9.17, 15) is 0 Å². The Balaban J connectivity index is 1.09. The minimum atomic E-state index is -0.172. The molecular weight excluding hydrogens is 898 g/mol. The van der Waals surface area contributed by atoms with Crippen molar-refractivity contribution in [1.82, 2.24) is 0 Å². The highest BCUT2D eigenvalue weighted by Crippen LogP contribution is 2.51. The number of para-hydroxylation sites is 2. The summed E-state index contributed by atoms with van der Waals surface area (Å²) in [6, 6.07) is 80.3. The summed E-state index contributed by atoms with van der Waals surface area (Å²) in [5, 5.41) is 0. The normalized spacial score (nSPS) is 13.6. The SMILES string of the molecule is CC(C)(C)c1cc2c3c(c1)N(c1ccccc1)c1cc(-c4ccccc4)ccc1B3c1cc3c(c(-c4ccccc4)c1O2)Oc1cc(C(C)(C)C)cc2c1B3c1ccc(-c3ccccc3)cc1N2c1ccccc1. The zero-order valence-electron chi connectivity index (χ0n) is 42.7. The molecule has 74 heavy (non-hydrogen) atoms. The first-order valence-corrected chi connectivity index (χ1v) is 26.1. The fraction of sp³-hybridized carbons (Fsp3) is 0.118. The summed E-state index contributed by atoms with van der Waals surface area (Å²) in [5.41, 5.74) is 22.7. The van der Waals surface area contributed by atoms with Crippen LogP contribution in [0.2, 0.25) is 0 Å². The summed E-state index contributed by atoms with van der Waals surface area (Å²) in [4.78, 5) is 4.96. The van der Waals surface area contributed by atoms with E-state index < -0.39 is 0 Å². The van der Waals surface area contributed by atoms with Gasteiger partial charge in [-0.05, 0) is 143 Å². The average molecular weight is 953 g/mol. The number of hydrogen-bond acceptors (Lipinski definition) is 4. The fourth-order valence-corrected chi connectivity index (χ4v) is 12.1. The van der Waals surface area contributed by atoms with Crippen LogP contribution in [0.3, 0.4) is 0 Å². The molecule has 10 aromatic rings. The number of fused-ring (bicyclic) bond motifs is 8. The average Bonchev–Trinajstić information content (AvgIpc) is 3.43. The molecule has 4 aliphatic heterocycles. The third kappa shape index (κ3) is 6.92. The van der Waals surface area contributed by atoms with Crippen molar-refractivity contribution < 1.29 is 9.47 Å². The number of nitrogens with zero attached hydrogens (tertiary/aromatic N) is 2. The zero-order valence-corrected chi connectivity index (χ0v) is 42.7. The first-order valence-electron chi connectivity index (χ1n) is 26.1. The van der Waals surface area contributed by atoms with E-state index in [1.165, 1.54) is 55.2 Å². The Kier molecular flexibility index (Phi) is 9.88. The maximum Gasteiger partial charge on any atom is 0.256 e. The molecule has 0 unspecified atom stereocenters. The van der Waals surface area contributed by atoms with Crippen LogP contribution in [0, 0.1) is 0 Å². The molecule has 0 amide bonds. The third-order valence-corrected chi connectivity index (χ3v) is 15.8. The lowest BCUT2D eigenvalue weighted by Gasteiger charge is -2.44. The van der Waals surface area contributed by atoms with Gasteiger partial charge in [0.2, 0.25) is 0 Å². The van der Waals surface area contributed by atoms with Crippen molar-refractivity contribution in [3.05, 3.63) is 230 Å². The van der Waals surface area contributed by atoms with E-state index in [4.69, 9.17) is 9.47 Å². The highest BCUT2D eigenvalue weighted by Gasteiger charge is 2.49. The lowest BCUT2D eigenvalue weighted by Crippen LogP contribution is -2.63. The zero-order chi connectivity index (χ0) is 50.0. The van der Waals surface area contributed by atoms with E-state index in [2.05, 4.69) is 270 Å². The topological polar surface area (TPSA) is 24.9 Å². The van der Waals surface area contributed by atoms with Gasteiger partial charge in [-0.3, -0.25) is 0 Å². The molecule has 0 saturated heterocycles. The Labute approximate surface area is 435 Å². The van der Waals surface area contributed by atoms with Gasteiger partial charge in [0, 0.05) is 34.1 Å². The summed E-state index contributed by atoms with van der Waals surface area (Å²) in [6.07, 6.45) is 0. The van der Waals surface area contributed by atoms with E-state index in [0.29, 0.717) is 0 Å². The van der Waals surface area contributed by atoms with Crippen molar-refractivity contribution in [2.24, 2.45) is 0 Å². The van der Waals surface area contributed by atoms with Crippen LogP contribution in [0.25, 0.3) is 33.4 Å². The number of benzene rings is 10. The Hall–Kier alpha value is -8.47. The van der Waals surface area contributed by atoms with Crippen molar-refractivity contribution in [2.45, 2.75) is 52.4 Å². The molecule has 0 N–H and O–H groups in total. The third-order valence-electron chi connectivity index (χ3n) is 15.8. The van der Waals surface area contributed by atoms with E-state index in [1.807, 2.05) is 0 Å². The second-order valence-electron chi connectivity index (χ2n) is 22.5. The minimum absolute atomic E-state index is 0.168. The molecule has 0 saturated carbocycles. The summed E-state index contributed by atoms with van der Waals surface area (Å²) in [7, 11) is 0. The van der Waals surface area contributed by atoms with Gasteiger partial charge in [0.05, 0.1) is 5.56 Å². The van der Waals surface area contributed by atoms with Gasteiger partial charge in [0.25, 0.3) is 13.4 Å². The van der Waals surface area contributed by atoms with Crippen LogP contribution in [0.15, 0.2) is 218 Å². The smallest absolute Gasteiger partial charge is 0.256 e. The van der Waals surface area contributed by atoms with Crippen LogP contribution in [0.4, 0.5) is 34.1 Å². The van der Waals surface area contributed by atoms with Gasteiger partial charge in [-0.25, -0.2) is 0 Å². The molecule has 0 spiro atoms. The predicted octanol–water partition coefficient (Wildman–Crippen LogP) is 14.1. The first kappa shape index (κ1) is 44.2. The van der Waals surface area contributed by atoms with Gasteiger partial charge in [-0.2, -0.15) is 0 Å². The molecule has 14 rings (SSSR count). The molecule has 4 nitrogen and oxygen atoms in total. The van der Waals surface area contributed by atoms with E-state index >= 15 is 0 Å². The molecule has 0 fully saturated rings. The Morgan fingerprint density at radius 3 is 1.07 bits per heavy atom.